The number of allylic oxidation sites excluding steroid dienone is 1. The lowest BCUT2D eigenvalue weighted by atomic mass is 10.1. The Kier molecular flexibility index (Phi) is 7.40. The summed E-state index contributed by atoms with van der Waals surface area (Å²) in [5.74, 6) is -0.0959. The molecule has 2 heterocycles. The Bertz CT molecular complexity index is 662. The molecule has 1 amide bonds. The van der Waals surface area contributed by atoms with Gasteiger partial charge in [-0.3, -0.25) is 9.59 Å². The van der Waals surface area contributed by atoms with E-state index in [9.17, 15) is 9.59 Å². The summed E-state index contributed by atoms with van der Waals surface area (Å²) in [6.07, 6.45) is 2.99. The number of nitrogens with one attached hydrogen (secondary N) is 1. The van der Waals surface area contributed by atoms with Gasteiger partial charge in [-0.15, -0.1) is 0 Å². The first-order valence-electron chi connectivity index (χ1n) is 8.76. The lowest BCUT2D eigenvalue weighted by Crippen LogP contribution is -2.50. The molecule has 1 aromatic heterocycles. The number of rotatable bonds is 7. The van der Waals surface area contributed by atoms with Crippen molar-refractivity contribution in [3.63, 3.8) is 0 Å². The van der Waals surface area contributed by atoms with E-state index in [1.54, 1.807) is 10.6 Å². The first-order chi connectivity index (χ1) is 12.0. The van der Waals surface area contributed by atoms with E-state index in [-0.39, 0.29) is 30.0 Å². The van der Waals surface area contributed by atoms with Crippen molar-refractivity contribution < 1.29 is 14.3 Å². The Hall–Kier alpha value is -1.92. The van der Waals surface area contributed by atoms with E-state index in [4.69, 9.17) is 9.47 Å². The molecule has 0 aliphatic carbocycles. The van der Waals surface area contributed by atoms with Crippen molar-refractivity contribution in [3.05, 3.63) is 45.9 Å². The zero-order valence-electron chi connectivity index (χ0n) is 15.3. The number of carbonyl (C=O) groups is 1. The molecule has 1 aromatic rings. The molecule has 1 fully saturated rings. The van der Waals surface area contributed by atoms with Gasteiger partial charge in [0.25, 0.3) is 5.56 Å². The van der Waals surface area contributed by atoms with Crippen LogP contribution in [0.4, 0.5) is 0 Å². The number of nitrogens with zero attached hydrogens (tertiary/aromatic N) is 1. The Balaban J connectivity index is 1.87. The van der Waals surface area contributed by atoms with Crippen LogP contribution in [0.15, 0.2) is 34.6 Å². The fourth-order valence-electron chi connectivity index (χ4n) is 2.79. The van der Waals surface area contributed by atoms with E-state index in [0.717, 1.165) is 12.1 Å². The summed E-state index contributed by atoms with van der Waals surface area (Å²) in [5, 5.41) is 2.99. The van der Waals surface area contributed by atoms with Gasteiger partial charge in [-0.25, -0.2) is 0 Å². The summed E-state index contributed by atoms with van der Waals surface area (Å²) in [7, 11) is 0. The molecule has 0 saturated carbocycles. The fraction of sp³-hybridized carbons (Fsp3) is 0.579. The van der Waals surface area contributed by atoms with E-state index in [2.05, 4.69) is 5.32 Å². The van der Waals surface area contributed by atoms with Crippen LogP contribution in [0.2, 0.25) is 0 Å². The third-order valence-electron chi connectivity index (χ3n) is 4.27. The van der Waals surface area contributed by atoms with Crippen molar-refractivity contribution in [2.45, 2.75) is 52.3 Å². The summed E-state index contributed by atoms with van der Waals surface area (Å²) >= 11 is 0. The van der Waals surface area contributed by atoms with E-state index in [1.165, 1.54) is 11.6 Å². The highest BCUT2D eigenvalue weighted by atomic mass is 16.5. The van der Waals surface area contributed by atoms with Crippen LogP contribution in [0, 0.1) is 6.92 Å². The zero-order chi connectivity index (χ0) is 18.2. The molecule has 1 aliphatic rings. The molecule has 0 spiro atoms. The predicted octanol–water partition coefficient (Wildman–Crippen LogP) is 1.80. The molecule has 25 heavy (non-hydrogen) atoms. The number of aromatic nitrogens is 1. The van der Waals surface area contributed by atoms with Gasteiger partial charge in [-0.2, -0.15) is 0 Å². The van der Waals surface area contributed by atoms with Gasteiger partial charge < -0.3 is 19.4 Å². The molecule has 0 unspecified atom stereocenters. The molecular formula is C19H28N2O4. The zero-order valence-corrected chi connectivity index (χ0v) is 15.3. The largest absolute Gasteiger partial charge is 0.379 e. The Labute approximate surface area is 148 Å². The molecule has 1 saturated heterocycles. The van der Waals surface area contributed by atoms with E-state index >= 15 is 0 Å². The maximum Gasteiger partial charge on any atom is 0.250 e. The number of amides is 1. The highest BCUT2D eigenvalue weighted by molar-refractivity contribution is 5.76. The lowest BCUT2D eigenvalue weighted by Gasteiger charge is -2.32. The second kappa shape index (κ2) is 9.53. The van der Waals surface area contributed by atoms with Gasteiger partial charge in [0.2, 0.25) is 5.91 Å². The minimum absolute atomic E-state index is 0.0468. The molecule has 2 atom stereocenters. The fourth-order valence-corrected chi connectivity index (χ4v) is 2.79. The normalized spacial score (nSPS) is 20.1. The molecule has 1 aliphatic heterocycles. The van der Waals surface area contributed by atoms with Gasteiger partial charge in [0.15, 0.2) is 0 Å². The summed E-state index contributed by atoms with van der Waals surface area (Å²) in [5.41, 5.74) is 1.97. The SMILES string of the molecule is CC(C)=CCO[C@@H]1CCOC[C@@H]1NC(=O)CCn1c(C)cccc1=O. The maximum absolute atomic E-state index is 12.3. The topological polar surface area (TPSA) is 69.6 Å². The molecule has 0 radical (unpaired) electrons. The van der Waals surface area contributed by atoms with Crippen molar-refractivity contribution >= 4 is 5.91 Å². The summed E-state index contributed by atoms with van der Waals surface area (Å²) in [6.45, 7) is 7.92. The number of hydrogen-bond donors (Lipinski definition) is 1. The quantitative estimate of drug-likeness (QED) is 0.763. The van der Waals surface area contributed by atoms with Crippen LogP contribution in [0.3, 0.4) is 0 Å². The summed E-state index contributed by atoms with van der Waals surface area (Å²) in [4.78, 5) is 24.1. The Morgan fingerprint density at radius 2 is 2.24 bits per heavy atom. The van der Waals surface area contributed by atoms with Crippen molar-refractivity contribution in [3.8, 4) is 0 Å². The molecular weight excluding hydrogens is 320 g/mol. The standard InChI is InChI=1S/C19H28N2O4/c1-14(2)8-12-25-17-9-11-24-13-16(17)20-18(22)7-10-21-15(3)5-4-6-19(21)23/h4-6,8,16-17H,7,9-13H2,1-3H3,(H,20,22)/t16-,17+/m0/s1. The highest BCUT2D eigenvalue weighted by Gasteiger charge is 2.27. The van der Waals surface area contributed by atoms with Crippen molar-refractivity contribution in [2.75, 3.05) is 19.8 Å². The van der Waals surface area contributed by atoms with Crippen LogP contribution in [-0.4, -0.2) is 42.4 Å². The third kappa shape index (κ3) is 6.14. The average molecular weight is 348 g/mol. The van der Waals surface area contributed by atoms with Gasteiger partial charge >= 0.3 is 0 Å². The predicted molar refractivity (Wildman–Crippen MR) is 96.6 cm³/mol. The monoisotopic (exact) mass is 348 g/mol. The van der Waals surface area contributed by atoms with Crippen LogP contribution in [-0.2, 0) is 20.8 Å². The van der Waals surface area contributed by atoms with Crippen LogP contribution in [0.1, 0.15) is 32.4 Å². The van der Waals surface area contributed by atoms with Crippen LogP contribution in [0.25, 0.3) is 0 Å². The van der Waals surface area contributed by atoms with Crippen LogP contribution in [0.5, 0.6) is 0 Å². The van der Waals surface area contributed by atoms with Gasteiger partial charge in [0.1, 0.15) is 0 Å². The number of carbonyl (C=O) groups excluding carboxylic acids is 1. The second-order valence-corrected chi connectivity index (χ2v) is 6.60. The van der Waals surface area contributed by atoms with Crippen molar-refractivity contribution in [1.82, 2.24) is 9.88 Å². The van der Waals surface area contributed by atoms with E-state index in [1.807, 2.05) is 32.9 Å². The highest BCUT2D eigenvalue weighted by Crippen LogP contribution is 2.12. The molecule has 6 heteroatoms. The van der Waals surface area contributed by atoms with Gasteiger partial charge in [-0.05, 0) is 33.3 Å². The average Bonchev–Trinajstić information content (AvgIpc) is 2.55. The second-order valence-electron chi connectivity index (χ2n) is 6.60. The summed E-state index contributed by atoms with van der Waals surface area (Å²) in [6, 6.07) is 4.94. The van der Waals surface area contributed by atoms with E-state index < -0.39 is 0 Å². The number of pyridine rings is 1. The van der Waals surface area contributed by atoms with Crippen LogP contribution < -0.4 is 10.9 Å². The Morgan fingerprint density at radius 1 is 1.44 bits per heavy atom. The van der Waals surface area contributed by atoms with Crippen LogP contribution >= 0.6 is 0 Å². The minimum Gasteiger partial charge on any atom is -0.379 e. The molecule has 0 bridgehead atoms. The smallest absolute Gasteiger partial charge is 0.250 e. The van der Waals surface area contributed by atoms with Gasteiger partial charge in [0, 0.05) is 31.3 Å². The van der Waals surface area contributed by atoms with Crippen molar-refractivity contribution in [1.29, 1.82) is 0 Å². The molecule has 1 N–H and O–H groups in total. The van der Waals surface area contributed by atoms with Gasteiger partial charge in [-0.1, -0.05) is 17.7 Å². The van der Waals surface area contributed by atoms with Crippen molar-refractivity contribution in [2.24, 2.45) is 0 Å². The molecule has 138 valence electrons. The first kappa shape index (κ1) is 19.4. The molecule has 6 nitrogen and oxygen atoms in total. The number of hydrogen-bond acceptors (Lipinski definition) is 4. The van der Waals surface area contributed by atoms with Gasteiger partial charge in [0.05, 0.1) is 25.4 Å². The number of ether oxygens (including phenoxy) is 2. The Morgan fingerprint density at radius 3 is 2.96 bits per heavy atom. The maximum atomic E-state index is 12.3. The first-order valence-corrected chi connectivity index (χ1v) is 8.76. The molecule has 2 rings (SSSR count). The molecule has 0 aromatic carbocycles. The number of aryl methyl sites for hydroxylation is 1. The summed E-state index contributed by atoms with van der Waals surface area (Å²) < 4.78 is 13.0. The minimum atomic E-state index is -0.152. The lowest BCUT2D eigenvalue weighted by molar-refractivity contribution is -0.126. The van der Waals surface area contributed by atoms with E-state index in [0.29, 0.717) is 26.4 Å². The third-order valence-corrected chi connectivity index (χ3v) is 4.27.